The SMILES string of the molecule is NCC(NCc1ccccc1)c1ccc(Br)c(Cl)c1. The molecule has 0 radical (unpaired) electrons. The lowest BCUT2D eigenvalue weighted by Crippen LogP contribution is -2.27. The number of hydrogen-bond donors (Lipinski definition) is 2. The minimum Gasteiger partial charge on any atom is -0.329 e. The van der Waals surface area contributed by atoms with Gasteiger partial charge in [-0.05, 0) is 39.2 Å². The second kappa shape index (κ2) is 7.06. The molecular formula is C15H16BrClN2. The van der Waals surface area contributed by atoms with Gasteiger partial charge in [-0.1, -0.05) is 48.0 Å². The predicted octanol–water partition coefficient (Wildman–Crippen LogP) is 3.89. The molecule has 2 aromatic carbocycles. The molecule has 100 valence electrons. The Bertz CT molecular complexity index is 531. The number of halogens is 2. The van der Waals surface area contributed by atoms with E-state index < -0.39 is 0 Å². The van der Waals surface area contributed by atoms with Crippen LogP contribution in [0.25, 0.3) is 0 Å². The summed E-state index contributed by atoms with van der Waals surface area (Å²) in [6.45, 7) is 1.32. The van der Waals surface area contributed by atoms with E-state index in [-0.39, 0.29) is 6.04 Å². The van der Waals surface area contributed by atoms with Gasteiger partial charge >= 0.3 is 0 Å². The number of nitrogens with one attached hydrogen (secondary N) is 1. The van der Waals surface area contributed by atoms with Crippen LogP contribution in [0, 0.1) is 0 Å². The van der Waals surface area contributed by atoms with Gasteiger partial charge in [0.1, 0.15) is 0 Å². The van der Waals surface area contributed by atoms with Crippen LogP contribution >= 0.6 is 27.5 Å². The lowest BCUT2D eigenvalue weighted by molar-refractivity contribution is 0.542. The predicted molar refractivity (Wildman–Crippen MR) is 84.2 cm³/mol. The summed E-state index contributed by atoms with van der Waals surface area (Å²) < 4.78 is 0.900. The second-order valence-electron chi connectivity index (χ2n) is 4.33. The molecule has 2 nitrogen and oxygen atoms in total. The molecule has 0 spiro atoms. The Balaban J connectivity index is 2.05. The average Bonchev–Trinajstić information content (AvgIpc) is 2.44. The molecule has 1 atom stereocenters. The Morgan fingerprint density at radius 1 is 1.16 bits per heavy atom. The Morgan fingerprint density at radius 3 is 2.53 bits per heavy atom. The van der Waals surface area contributed by atoms with Crippen LogP contribution in [0.1, 0.15) is 17.2 Å². The molecule has 0 heterocycles. The highest BCUT2D eigenvalue weighted by Gasteiger charge is 2.10. The lowest BCUT2D eigenvalue weighted by atomic mass is 10.1. The third kappa shape index (κ3) is 4.05. The standard InChI is InChI=1S/C15H16BrClN2/c16-13-7-6-12(8-14(13)17)15(9-18)19-10-11-4-2-1-3-5-11/h1-8,15,19H,9-10,18H2. The van der Waals surface area contributed by atoms with Crippen molar-refractivity contribution in [2.24, 2.45) is 5.73 Å². The molecule has 4 heteroatoms. The van der Waals surface area contributed by atoms with E-state index in [4.69, 9.17) is 17.3 Å². The normalized spacial score (nSPS) is 12.4. The van der Waals surface area contributed by atoms with E-state index in [1.165, 1.54) is 5.56 Å². The summed E-state index contributed by atoms with van der Waals surface area (Å²) in [6.07, 6.45) is 0. The van der Waals surface area contributed by atoms with Gasteiger partial charge in [0.25, 0.3) is 0 Å². The monoisotopic (exact) mass is 338 g/mol. The van der Waals surface area contributed by atoms with Crippen molar-refractivity contribution in [2.75, 3.05) is 6.54 Å². The Labute approximate surface area is 127 Å². The Kier molecular flexibility index (Phi) is 5.40. The van der Waals surface area contributed by atoms with Crippen LogP contribution in [0.5, 0.6) is 0 Å². The van der Waals surface area contributed by atoms with Crippen molar-refractivity contribution >= 4 is 27.5 Å². The minimum absolute atomic E-state index is 0.103. The first-order valence-corrected chi connectivity index (χ1v) is 7.30. The van der Waals surface area contributed by atoms with Crippen molar-refractivity contribution in [1.29, 1.82) is 0 Å². The van der Waals surface area contributed by atoms with Gasteiger partial charge in [0, 0.05) is 23.6 Å². The first-order chi connectivity index (χ1) is 9.20. The van der Waals surface area contributed by atoms with Crippen LogP contribution in [0.3, 0.4) is 0 Å². The molecule has 0 amide bonds. The average molecular weight is 340 g/mol. The fourth-order valence-electron chi connectivity index (χ4n) is 1.90. The van der Waals surface area contributed by atoms with Crippen molar-refractivity contribution in [3.8, 4) is 0 Å². The van der Waals surface area contributed by atoms with Crippen molar-refractivity contribution < 1.29 is 0 Å². The highest BCUT2D eigenvalue weighted by atomic mass is 79.9. The summed E-state index contributed by atoms with van der Waals surface area (Å²) in [6, 6.07) is 16.3. The molecule has 19 heavy (non-hydrogen) atoms. The van der Waals surface area contributed by atoms with Gasteiger partial charge in [0.05, 0.1) is 5.02 Å². The molecule has 0 aliphatic carbocycles. The van der Waals surface area contributed by atoms with Gasteiger partial charge < -0.3 is 11.1 Å². The number of benzene rings is 2. The third-order valence-electron chi connectivity index (χ3n) is 2.98. The van der Waals surface area contributed by atoms with E-state index in [1.54, 1.807) is 0 Å². The molecule has 0 fully saturated rings. The molecule has 0 aliphatic rings. The summed E-state index contributed by atoms with van der Waals surface area (Å²) >= 11 is 9.51. The molecule has 2 rings (SSSR count). The van der Waals surface area contributed by atoms with E-state index in [1.807, 2.05) is 36.4 Å². The summed E-state index contributed by atoms with van der Waals surface area (Å²) in [5.41, 5.74) is 8.18. The molecule has 2 aromatic rings. The molecule has 0 aliphatic heterocycles. The van der Waals surface area contributed by atoms with Crippen LogP contribution in [-0.4, -0.2) is 6.54 Å². The summed E-state index contributed by atoms with van der Waals surface area (Å²) in [5.74, 6) is 0. The molecule has 0 saturated heterocycles. The molecule has 0 aromatic heterocycles. The van der Waals surface area contributed by atoms with Gasteiger partial charge in [-0.3, -0.25) is 0 Å². The lowest BCUT2D eigenvalue weighted by Gasteiger charge is -2.18. The van der Waals surface area contributed by atoms with Crippen molar-refractivity contribution in [3.63, 3.8) is 0 Å². The Morgan fingerprint density at radius 2 is 1.89 bits per heavy atom. The zero-order valence-corrected chi connectivity index (χ0v) is 12.8. The first-order valence-electron chi connectivity index (χ1n) is 6.13. The minimum atomic E-state index is 0.103. The maximum atomic E-state index is 6.12. The van der Waals surface area contributed by atoms with Gasteiger partial charge in [0.15, 0.2) is 0 Å². The van der Waals surface area contributed by atoms with Gasteiger partial charge in [-0.15, -0.1) is 0 Å². The highest BCUT2D eigenvalue weighted by Crippen LogP contribution is 2.26. The maximum absolute atomic E-state index is 6.12. The van der Waals surface area contributed by atoms with E-state index >= 15 is 0 Å². The van der Waals surface area contributed by atoms with E-state index in [2.05, 4.69) is 33.4 Å². The fourth-order valence-corrected chi connectivity index (χ4v) is 2.34. The quantitative estimate of drug-likeness (QED) is 0.867. The van der Waals surface area contributed by atoms with Crippen LogP contribution in [0.15, 0.2) is 53.0 Å². The van der Waals surface area contributed by atoms with E-state index in [0.29, 0.717) is 11.6 Å². The zero-order chi connectivity index (χ0) is 13.7. The van der Waals surface area contributed by atoms with Gasteiger partial charge in [-0.2, -0.15) is 0 Å². The van der Waals surface area contributed by atoms with E-state index in [0.717, 1.165) is 16.6 Å². The smallest absolute Gasteiger partial charge is 0.0551 e. The van der Waals surface area contributed by atoms with Crippen molar-refractivity contribution in [2.45, 2.75) is 12.6 Å². The summed E-state index contributed by atoms with van der Waals surface area (Å²) in [7, 11) is 0. The Hall–Kier alpha value is -0.870. The summed E-state index contributed by atoms with van der Waals surface area (Å²) in [4.78, 5) is 0. The van der Waals surface area contributed by atoms with Gasteiger partial charge in [-0.25, -0.2) is 0 Å². The molecule has 0 bridgehead atoms. The molecule has 1 unspecified atom stereocenters. The van der Waals surface area contributed by atoms with Crippen LogP contribution < -0.4 is 11.1 Å². The first kappa shape index (κ1) is 14.5. The van der Waals surface area contributed by atoms with Crippen molar-refractivity contribution in [3.05, 3.63) is 69.2 Å². The maximum Gasteiger partial charge on any atom is 0.0551 e. The highest BCUT2D eigenvalue weighted by molar-refractivity contribution is 9.10. The number of nitrogens with two attached hydrogens (primary N) is 1. The van der Waals surface area contributed by atoms with E-state index in [9.17, 15) is 0 Å². The van der Waals surface area contributed by atoms with Crippen LogP contribution in [0.4, 0.5) is 0 Å². The molecule has 3 N–H and O–H groups in total. The topological polar surface area (TPSA) is 38.0 Å². The second-order valence-corrected chi connectivity index (χ2v) is 5.59. The fraction of sp³-hybridized carbons (Fsp3) is 0.200. The van der Waals surface area contributed by atoms with Crippen molar-refractivity contribution in [1.82, 2.24) is 5.32 Å². The third-order valence-corrected chi connectivity index (χ3v) is 4.21. The zero-order valence-electron chi connectivity index (χ0n) is 10.4. The molecule has 0 saturated carbocycles. The van der Waals surface area contributed by atoms with Crippen LogP contribution in [-0.2, 0) is 6.54 Å². The van der Waals surface area contributed by atoms with Gasteiger partial charge in [0.2, 0.25) is 0 Å². The van der Waals surface area contributed by atoms with Crippen LogP contribution in [0.2, 0.25) is 5.02 Å². The summed E-state index contributed by atoms with van der Waals surface area (Å²) in [5, 5.41) is 4.16. The molecular weight excluding hydrogens is 324 g/mol. The number of hydrogen-bond acceptors (Lipinski definition) is 2. The number of rotatable bonds is 5. The largest absolute Gasteiger partial charge is 0.329 e.